The number of amides is 2. The first-order valence-electron chi connectivity index (χ1n) is 6.72. The minimum absolute atomic E-state index is 0.0438. The van der Waals surface area contributed by atoms with Gasteiger partial charge in [0, 0.05) is 18.5 Å². The topological polar surface area (TPSA) is 88.9 Å². The molecule has 22 heavy (non-hydrogen) atoms. The lowest BCUT2D eigenvalue weighted by Gasteiger charge is -2.05. The number of halogens is 1. The number of carbonyl (C=O) groups excluding carboxylic acids is 2. The maximum absolute atomic E-state index is 11.8. The van der Waals surface area contributed by atoms with E-state index >= 15 is 0 Å². The summed E-state index contributed by atoms with van der Waals surface area (Å²) in [6.45, 7) is 1.93. The maximum atomic E-state index is 11.8. The van der Waals surface area contributed by atoms with E-state index in [0.29, 0.717) is 23.8 Å². The van der Waals surface area contributed by atoms with E-state index in [1.165, 1.54) is 17.8 Å². The molecule has 0 unspecified atom stereocenters. The summed E-state index contributed by atoms with van der Waals surface area (Å²) in [6, 6.07) is 7.50. The minimum Gasteiger partial charge on any atom is -0.354 e. The zero-order chi connectivity index (χ0) is 15.9. The number of hydrogen-bond acceptors (Lipinski definition) is 4. The van der Waals surface area contributed by atoms with Crippen LogP contribution in [0.5, 0.6) is 0 Å². The first kappa shape index (κ1) is 16.0. The number of anilines is 1. The third-order valence-electron chi connectivity index (χ3n) is 2.77. The van der Waals surface area contributed by atoms with E-state index in [0.717, 1.165) is 5.56 Å². The zero-order valence-corrected chi connectivity index (χ0v) is 12.8. The summed E-state index contributed by atoms with van der Waals surface area (Å²) in [5.74, 6) is -0.0986. The molecule has 0 spiro atoms. The standard InChI is InChI=1S/C14H16ClN5O2/c1-10(21)17-13-8-20(19-18-13)9-14(22)16-6-5-11-3-2-4-12(15)7-11/h2-4,7-8H,5-6,9H2,1H3,(H,16,22)(H,17,21). The summed E-state index contributed by atoms with van der Waals surface area (Å²) in [5, 5.41) is 13.5. The molecular formula is C14H16ClN5O2. The van der Waals surface area contributed by atoms with Crippen LogP contribution in [0, 0.1) is 0 Å². The Bertz CT molecular complexity index is 671. The van der Waals surface area contributed by atoms with Gasteiger partial charge in [0.2, 0.25) is 11.8 Å². The molecule has 0 saturated carbocycles. The van der Waals surface area contributed by atoms with Gasteiger partial charge in [-0.1, -0.05) is 28.9 Å². The molecule has 0 atom stereocenters. The van der Waals surface area contributed by atoms with Gasteiger partial charge in [0.05, 0.1) is 6.20 Å². The van der Waals surface area contributed by atoms with Gasteiger partial charge < -0.3 is 10.6 Å². The second-order valence-electron chi connectivity index (χ2n) is 4.71. The first-order chi connectivity index (χ1) is 10.5. The van der Waals surface area contributed by atoms with Crippen molar-refractivity contribution in [2.75, 3.05) is 11.9 Å². The van der Waals surface area contributed by atoms with Crippen LogP contribution in [0.4, 0.5) is 5.82 Å². The third-order valence-corrected chi connectivity index (χ3v) is 3.01. The molecule has 2 aromatic rings. The van der Waals surface area contributed by atoms with Crippen molar-refractivity contribution in [3.63, 3.8) is 0 Å². The number of nitrogens with one attached hydrogen (secondary N) is 2. The van der Waals surface area contributed by atoms with Crippen molar-refractivity contribution < 1.29 is 9.59 Å². The Morgan fingerprint density at radius 2 is 2.18 bits per heavy atom. The molecule has 2 rings (SSSR count). The van der Waals surface area contributed by atoms with Gasteiger partial charge in [-0.25, -0.2) is 4.68 Å². The monoisotopic (exact) mass is 321 g/mol. The molecule has 0 saturated heterocycles. The molecule has 0 radical (unpaired) electrons. The van der Waals surface area contributed by atoms with Gasteiger partial charge in [0.25, 0.3) is 0 Å². The highest BCUT2D eigenvalue weighted by Gasteiger charge is 2.06. The third kappa shape index (κ3) is 5.17. The average Bonchev–Trinajstić information content (AvgIpc) is 2.85. The lowest BCUT2D eigenvalue weighted by Crippen LogP contribution is -2.29. The Hall–Kier alpha value is -2.41. The number of benzene rings is 1. The SMILES string of the molecule is CC(=O)Nc1cn(CC(=O)NCCc2cccc(Cl)c2)nn1. The van der Waals surface area contributed by atoms with E-state index in [-0.39, 0.29) is 18.4 Å². The van der Waals surface area contributed by atoms with E-state index in [4.69, 9.17) is 11.6 Å². The van der Waals surface area contributed by atoms with E-state index in [2.05, 4.69) is 20.9 Å². The molecule has 1 aromatic heterocycles. The highest BCUT2D eigenvalue weighted by molar-refractivity contribution is 6.30. The van der Waals surface area contributed by atoms with Gasteiger partial charge in [-0.05, 0) is 24.1 Å². The smallest absolute Gasteiger partial charge is 0.241 e. The fraction of sp³-hybridized carbons (Fsp3) is 0.286. The van der Waals surface area contributed by atoms with Crippen LogP contribution >= 0.6 is 11.6 Å². The molecule has 2 amide bonds. The van der Waals surface area contributed by atoms with E-state index in [1.807, 2.05) is 18.2 Å². The Morgan fingerprint density at radius 1 is 1.36 bits per heavy atom. The molecule has 0 aliphatic heterocycles. The Kier molecular flexibility index (Phi) is 5.48. The molecule has 116 valence electrons. The van der Waals surface area contributed by atoms with Gasteiger partial charge in [0.1, 0.15) is 6.54 Å². The molecular weight excluding hydrogens is 306 g/mol. The molecule has 0 aliphatic carbocycles. The van der Waals surface area contributed by atoms with Gasteiger partial charge in [-0.3, -0.25) is 9.59 Å². The molecule has 8 heteroatoms. The zero-order valence-electron chi connectivity index (χ0n) is 12.0. The summed E-state index contributed by atoms with van der Waals surface area (Å²) in [5.41, 5.74) is 1.06. The average molecular weight is 322 g/mol. The fourth-order valence-electron chi connectivity index (χ4n) is 1.86. The van der Waals surface area contributed by atoms with Crippen molar-refractivity contribution >= 4 is 29.2 Å². The second-order valence-corrected chi connectivity index (χ2v) is 5.15. The lowest BCUT2D eigenvalue weighted by molar-refractivity contribution is -0.121. The van der Waals surface area contributed by atoms with Crippen molar-refractivity contribution in [1.29, 1.82) is 0 Å². The number of rotatable bonds is 6. The molecule has 1 aromatic carbocycles. The van der Waals surface area contributed by atoms with Crippen molar-refractivity contribution in [2.45, 2.75) is 19.9 Å². The quantitative estimate of drug-likeness (QED) is 0.838. The maximum Gasteiger partial charge on any atom is 0.241 e. The van der Waals surface area contributed by atoms with E-state index < -0.39 is 0 Å². The Labute approximate surface area is 132 Å². The normalized spacial score (nSPS) is 10.3. The fourth-order valence-corrected chi connectivity index (χ4v) is 2.07. The van der Waals surface area contributed by atoms with Crippen molar-refractivity contribution in [3.05, 3.63) is 41.0 Å². The summed E-state index contributed by atoms with van der Waals surface area (Å²) in [7, 11) is 0. The van der Waals surface area contributed by atoms with Crippen LogP contribution in [-0.4, -0.2) is 33.4 Å². The molecule has 1 heterocycles. The number of nitrogens with zero attached hydrogens (tertiary/aromatic N) is 3. The first-order valence-corrected chi connectivity index (χ1v) is 7.09. The van der Waals surface area contributed by atoms with Crippen molar-refractivity contribution in [3.8, 4) is 0 Å². The van der Waals surface area contributed by atoms with Crippen LogP contribution < -0.4 is 10.6 Å². The highest BCUT2D eigenvalue weighted by atomic mass is 35.5. The number of hydrogen-bond donors (Lipinski definition) is 2. The van der Waals surface area contributed by atoms with E-state index in [1.54, 1.807) is 6.07 Å². The summed E-state index contributed by atoms with van der Waals surface area (Å²) in [6.07, 6.45) is 2.19. The van der Waals surface area contributed by atoms with Crippen molar-refractivity contribution in [2.24, 2.45) is 0 Å². The largest absolute Gasteiger partial charge is 0.354 e. The Balaban J connectivity index is 1.76. The van der Waals surface area contributed by atoms with Gasteiger partial charge >= 0.3 is 0 Å². The van der Waals surface area contributed by atoms with Crippen molar-refractivity contribution in [1.82, 2.24) is 20.3 Å². The second kappa shape index (κ2) is 7.56. The predicted octanol–water partition coefficient (Wildman–Crippen LogP) is 1.25. The molecule has 7 nitrogen and oxygen atoms in total. The van der Waals surface area contributed by atoms with Crippen LogP contribution in [0.3, 0.4) is 0 Å². The molecule has 2 N–H and O–H groups in total. The highest BCUT2D eigenvalue weighted by Crippen LogP contribution is 2.10. The van der Waals surface area contributed by atoms with Crippen LogP contribution in [-0.2, 0) is 22.6 Å². The number of aromatic nitrogens is 3. The molecule has 0 bridgehead atoms. The van der Waals surface area contributed by atoms with E-state index in [9.17, 15) is 9.59 Å². The predicted molar refractivity (Wildman–Crippen MR) is 82.5 cm³/mol. The summed E-state index contributed by atoms with van der Waals surface area (Å²) >= 11 is 5.90. The van der Waals surface area contributed by atoms with Gasteiger partial charge in [-0.15, -0.1) is 5.10 Å². The van der Waals surface area contributed by atoms with Crippen LogP contribution in [0.15, 0.2) is 30.5 Å². The number of carbonyl (C=O) groups is 2. The van der Waals surface area contributed by atoms with Crippen LogP contribution in [0.1, 0.15) is 12.5 Å². The lowest BCUT2D eigenvalue weighted by atomic mass is 10.1. The molecule has 0 fully saturated rings. The summed E-state index contributed by atoms with van der Waals surface area (Å²) < 4.78 is 1.36. The van der Waals surface area contributed by atoms with Gasteiger partial charge in [-0.2, -0.15) is 0 Å². The Morgan fingerprint density at radius 3 is 2.91 bits per heavy atom. The van der Waals surface area contributed by atoms with Crippen LogP contribution in [0.25, 0.3) is 0 Å². The summed E-state index contributed by atoms with van der Waals surface area (Å²) in [4.78, 5) is 22.7. The minimum atomic E-state index is -0.238. The van der Waals surface area contributed by atoms with Gasteiger partial charge in [0.15, 0.2) is 5.82 Å². The van der Waals surface area contributed by atoms with Crippen LogP contribution in [0.2, 0.25) is 5.02 Å². The molecule has 0 aliphatic rings.